The number of carbonyl (C=O) groups excluding carboxylic acids is 1. The molecule has 1 aromatic carbocycles. The first-order chi connectivity index (χ1) is 7.70. The van der Waals surface area contributed by atoms with Crippen molar-refractivity contribution in [3.63, 3.8) is 0 Å². The summed E-state index contributed by atoms with van der Waals surface area (Å²) in [6.45, 7) is 0. The molecular weight excluding hydrogens is 268 g/mol. The van der Waals surface area contributed by atoms with E-state index in [-0.39, 0.29) is 11.9 Å². The first kappa shape index (κ1) is 8.76. The summed E-state index contributed by atoms with van der Waals surface area (Å²) in [4.78, 5) is 11.5. The van der Waals surface area contributed by atoms with Crippen LogP contribution in [0.25, 0.3) is 6.08 Å². The molecule has 78 valence electrons. The van der Waals surface area contributed by atoms with Gasteiger partial charge in [-0.3, -0.25) is 0 Å². The van der Waals surface area contributed by atoms with E-state index in [2.05, 4.69) is 28.1 Å². The molecule has 5 rings (SSSR count). The summed E-state index contributed by atoms with van der Waals surface area (Å²) in [5.74, 6) is -0.0430. The van der Waals surface area contributed by atoms with Gasteiger partial charge in [0.25, 0.3) is 0 Å². The number of fused-ring (bicyclic) bond motifs is 2. The second-order valence-corrected chi connectivity index (χ2v) is 5.30. The van der Waals surface area contributed by atoms with Crippen molar-refractivity contribution in [3.05, 3.63) is 51.5 Å². The van der Waals surface area contributed by atoms with E-state index in [4.69, 9.17) is 4.74 Å². The van der Waals surface area contributed by atoms with Crippen molar-refractivity contribution >= 4 is 28.0 Å². The number of rotatable bonds is 0. The highest BCUT2D eigenvalue weighted by molar-refractivity contribution is 9.10. The van der Waals surface area contributed by atoms with Crippen LogP contribution in [0.15, 0.2) is 40.4 Å². The Morgan fingerprint density at radius 3 is 3.06 bits per heavy atom. The van der Waals surface area contributed by atoms with Gasteiger partial charge in [-0.25, -0.2) is 4.79 Å². The predicted octanol–water partition coefficient (Wildman–Crippen LogP) is 2.80. The molecule has 0 saturated carbocycles. The maximum absolute atomic E-state index is 11.5. The van der Waals surface area contributed by atoms with Crippen molar-refractivity contribution in [1.29, 1.82) is 0 Å². The number of benzene rings is 1. The van der Waals surface area contributed by atoms with Crippen LogP contribution >= 0.6 is 15.9 Å². The van der Waals surface area contributed by atoms with Crippen LogP contribution < -0.4 is 0 Å². The lowest BCUT2D eigenvalue weighted by molar-refractivity contribution is -0.138. The molecule has 3 heteroatoms. The van der Waals surface area contributed by atoms with Gasteiger partial charge < -0.3 is 4.74 Å². The molecule has 1 saturated heterocycles. The number of hydrogen-bond acceptors (Lipinski definition) is 2. The van der Waals surface area contributed by atoms with Crippen LogP contribution in [0.4, 0.5) is 0 Å². The molecule has 2 nitrogen and oxygen atoms in total. The van der Waals surface area contributed by atoms with E-state index in [0.29, 0.717) is 0 Å². The van der Waals surface area contributed by atoms with Gasteiger partial charge in [0.15, 0.2) is 5.60 Å². The maximum atomic E-state index is 11.5. The summed E-state index contributed by atoms with van der Waals surface area (Å²) in [6, 6.07) is 6.15. The van der Waals surface area contributed by atoms with Crippen molar-refractivity contribution in [2.75, 3.05) is 0 Å². The Labute approximate surface area is 101 Å². The maximum Gasteiger partial charge on any atom is 0.335 e. The van der Waals surface area contributed by atoms with Gasteiger partial charge in [-0.05, 0) is 35.4 Å². The summed E-state index contributed by atoms with van der Waals surface area (Å²) < 4.78 is 6.44. The lowest BCUT2D eigenvalue weighted by atomic mass is 9.66. The van der Waals surface area contributed by atoms with Gasteiger partial charge in [0.2, 0.25) is 0 Å². The van der Waals surface area contributed by atoms with E-state index >= 15 is 0 Å². The van der Waals surface area contributed by atoms with Gasteiger partial charge in [-0.1, -0.05) is 28.1 Å². The molecular formula is C13H7BrO2. The second kappa shape index (κ2) is 2.48. The molecule has 1 fully saturated rings. The van der Waals surface area contributed by atoms with Crippen LogP contribution in [0, 0.1) is 0 Å². The molecule has 2 unspecified atom stereocenters. The van der Waals surface area contributed by atoms with Gasteiger partial charge in [0.1, 0.15) is 0 Å². The van der Waals surface area contributed by atoms with Gasteiger partial charge in [0.05, 0.1) is 5.92 Å². The van der Waals surface area contributed by atoms with Crippen LogP contribution in [0.5, 0.6) is 0 Å². The average molecular weight is 275 g/mol. The zero-order valence-corrected chi connectivity index (χ0v) is 9.82. The Kier molecular flexibility index (Phi) is 1.36. The van der Waals surface area contributed by atoms with Crippen molar-refractivity contribution in [2.45, 2.75) is 11.5 Å². The highest BCUT2D eigenvalue weighted by Gasteiger charge is 2.60. The Hall–Kier alpha value is -1.35. The Bertz CT molecular complexity index is 600. The SMILES string of the molecule is O=C1OC23C=Cc4cc(Br)ccc4C2C1=C3. The normalized spacial score (nSPS) is 32.4. The summed E-state index contributed by atoms with van der Waals surface area (Å²) in [6.07, 6.45) is 5.95. The second-order valence-electron chi connectivity index (χ2n) is 4.38. The number of ether oxygens (including phenoxy) is 1. The number of halogens is 1. The summed E-state index contributed by atoms with van der Waals surface area (Å²) in [5, 5.41) is 0. The topological polar surface area (TPSA) is 26.3 Å². The lowest BCUT2D eigenvalue weighted by Gasteiger charge is -2.37. The zero-order chi connectivity index (χ0) is 10.9. The van der Waals surface area contributed by atoms with Crippen molar-refractivity contribution in [2.24, 2.45) is 0 Å². The molecule has 2 aliphatic carbocycles. The third-order valence-corrected chi connectivity index (χ3v) is 4.02. The molecule has 0 N–H and O–H groups in total. The Morgan fingerprint density at radius 2 is 2.25 bits per heavy atom. The monoisotopic (exact) mass is 274 g/mol. The number of hydrogen-bond donors (Lipinski definition) is 0. The standard InChI is InChI=1S/C13H7BrO2/c14-8-1-2-9-7(5-8)3-4-13-6-10(11(9)13)12(15)16-13/h1-6,11H. The minimum atomic E-state index is -0.465. The summed E-state index contributed by atoms with van der Waals surface area (Å²) in [7, 11) is 0. The number of esters is 1. The molecule has 0 radical (unpaired) electrons. The van der Waals surface area contributed by atoms with Crippen LogP contribution in [0.3, 0.4) is 0 Å². The van der Waals surface area contributed by atoms with E-state index in [0.717, 1.165) is 10.0 Å². The van der Waals surface area contributed by atoms with Gasteiger partial charge in [-0.15, -0.1) is 0 Å². The van der Waals surface area contributed by atoms with E-state index in [1.54, 1.807) is 0 Å². The largest absolute Gasteiger partial charge is 0.446 e. The highest BCUT2D eigenvalue weighted by Crippen LogP contribution is 2.57. The fourth-order valence-corrected chi connectivity index (χ4v) is 3.18. The smallest absolute Gasteiger partial charge is 0.335 e. The molecule has 2 heterocycles. The molecule has 0 aromatic heterocycles. The molecule has 1 aromatic rings. The van der Waals surface area contributed by atoms with E-state index < -0.39 is 5.60 Å². The first-order valence-corrected chi connectivity index (χ1v) is 5.94. The third kappa shape index (κ3) is 0.824. The van der Waals surface area contributed by atoms with Crippen LogP contribution in [-0.2, 0) is 9.53 Å². The van der Waals surface area contributed by atoms with Gasteiger partial charge in [0, 0.05) is 10.0 Å². The predicted molar refractivity (Wildman–Crippen MR) is 62.8 cm³/mol. The van der Waals surface area contributed by atoms with E-state index in [1.807, 2.05) is 24.3 Å². The highest BCUT2D eigenvalue weighted by atomic mass is 79.9. The van der Waals surface area contributed by atoms with Gasteiger partial charge in [-0.2, -0.15) is 0 Å². The Balaban J connectivity index is 1.97. The molecule has 1 spiro atoms. The quantitative estimate of drug-likeness (QED) is 0.680. The molecule has 2 aliphatic heterocycles. The average Bonchev–Trinajstić information content (AvgIpc) is 2.69. The minimum absolute atomic E-state index is 0.119. The molecule has 0 amide bonds. The fraction of sp³-hybridized carbons (Fsp3) is 0.154. The third-order valence-electron chi connectivity index (χ3n) is 3.53. The van der Waals surface area contributed by atoms with Crippen LogP contribution in [0.1, 0.15) is 17.0 Å². The Morgan fingerprint density at radius 1 is 1.38 bits per heavy atom. The summed E-state index contributed by atoms with van der Waals surface area (Å²) >= 11 is 3.45. The van der Waals surface area contributed by atoms with Crippen LogP contribution in [0.2, 0.25) is 0 Å². The molecule has 4 aliphatic rings. The van der Waals surface area contributed by atoms with Crippen molar-refractivity contribution < 1.29 is 9.53 Å². The van der Waals surface area contributed by atoms with E-state index in [9.17, 15) is 4.79 Å². The zero-order valence-electron chi connectivity index (χ0n) is 8.24. The van der Waals surface area contributed by atoms with E-state index in [1.165, 1.54) is 11.1 Å². The lowest BCUT2D eigenvalue weighted by Crippen LogP contribution is -2.37. The molecule has 16 heavy (non-hydrogen) atoms. The molecule has 2 bridgehead atoms. The number of carbonyl (C=O) groups is 1. The minimum Gasteiger partial charge on any atom is -0.446 e. The molecule has 2 atom stereocenters. The summed E-state index contributed by atoms with van der Waals surface area (Å²) in [5.41, 5.74) is 2.70. The fourth-order valence-electron chi connectivity index (χ4n) is 2.80. The first-order valence-electron chi connectivity index (χ1n) is 5.14. The van der Waals surface area contributed by atoms with Crippen molar-refractivity contribution in [1.82, 2.24) is 0 Å². The van der Waals surface area contributed by atoms with Crippen LogP contribution in [-0.4, -0.2) is 11.6 Å². The van der Waals surface area contributed by atoms with Crippen molar-refractivity contribution in [3.8, 4) is 0 Å². The van der Waals surface area contributed by atoms with Gasteiger partial charge >= 0.3 is 5.97 Å².